The van der Waals surface area contributed by atoms with Crippen molar-refractivity contribution in [1.82, 2.24) is 10.6 Å². The number of carbonyl (C=O) groups is 1. The van der Waals surface area contributed by atoms with Crippen molar-refractivity contribution in [1.29, 1.82) is 0 Å². The van der Waals surface area contributed by atoms with Gasteiger partial charge in [0, 0.05) is 7.11 Å². The molecule has 0 aliphatic carbocycles. The molecule has 22 heavy (non-hydrogen) atoms. The number of methoxy groups -OCH3 is 3. The number of rotatable bonds is 9. The van der Waals surface area contributed by atoms with Gasteiger partial charge in [-0.1, -0.05) is 6.07 Å². The predicted octanol–water partition coefficient (Wildman–Crippen LogP) is 1.68. The van der Waals surface area contributed by atoms with Crippen LogP contribution in [0.1, 0.15) is 18.5 Å². The molecular weight excluding hydrogens is 288 g/mol. The third-order valence-corrected chi connectivity index (χ3v) is 3.02. The number of ether oxygens (including phenoxy) is 4. The van der Waals surface area contributed by atoms with Gasteiger partial charge < -0.3 is 29.6 Å². The third-order valence-electron chi connectivity index (χ3n) is 3.02. The largest absolute Gasteiger partial charge is 0.493 e. The van der Waals surface area contributed by atoms with Gasteiger partial charge in [0.05, 0.1) is 33.5 Å². The molecule has 2 amide bonds. The van der Waals surface area contributed by atoms with E-state index in [2.05, 4.69) is 10.6 Å². The first-order valence-electron chi connectivity index (χ1n) is 6.95. The van der Waals surface area contributed by atoms with Crippen molar-refractivity contribution in [3.63, 3.8) is 0 Å². The third kappa shape index (κ3) is 5.79. The molecule has 0 aliphatic rings. The van der Waals surface area contributed by atoms with Crippen molar-refractivity contribution in [2.45, 2.75) is 13.0 Å². The molecule has 7 nitrogen and oxygen atoms in total. The Kier molecular flexibility index (Phi) is 8.09. The molecule has 1 rings (SSSR count). The zero-order chi connectivity index (χ0) is 16.4. The monoisotopic (exact) mass is 312 g/mol. The zero-order valence-electron chi connectivity index (χ0n) is 13.5. The Labute approximate surface area is 130 Å². The highest BCUT2D eigenvalue weighted by atomic mass is 16.5. The van der Waals surface area contributed by atoms with Crippen molar-refractivity contribution in [3.05, 3.63) is 23.8 Å². The number of hydrogen-bond donors (Lipinski definition) is 2. The van der Waals surface area contributed by atoms with Crippen LogP contribution >= 0.6 is 0 Å². The number of urea groups is 1. The highest BCUT2D eigenvalue weighted by molar-refractivity contribution is 5.74. The molecule has 0 aliphatic heterocycles. The molecule has 0 saturated heterocycles. The van der Waals surface area contributed by atoms with E-state index < -0.39 is 0 Å². The van der Waals surface area contributed by atoms with Gasteiger partial charge in [-0.25, -0.2) is 4.79 Å². The van der Waals surface area contributed by atoms with Crippen LogP contribution in [0.5, 0.6) is 11.5 Å². The summed E-state index contributed by atoms with van der Waals surface area (Å²) < 4.78 is 20.4. The molecule has 2 N–H and O–H groups in total. The van der Waals surface area contributed by atoms with Crippen LogP contribution in [0.3, 0.4) is 0 Å². The van der Waals surface area contributed by atoms with Crippen LogP contribution in [-0.2, 0) is 9.47 Å². The van der Waals surface area contributed by atoms with Crippen LogP contribution in [0.25, 0.3) is 0 Å². The number of benzene rings is 1. The lowest BCUT2D eigenvalue weighted by atomic mass is 10.1. The van der Waals surface area contributed by atoms with E-state index in [9.17, 15) is 4.79 Å². The SMILES string of the molecule is COCCOCNC(=O)NC(C)c1ccc(OC)c(OC)c1. The lowest BCUT2D eigenvalue weighted by molar-refractivity contribution is 0.0641. The van der Waals surface area contributed by atoms with E-state index in [-0.39, 0.29) is 18.8 Å². The van der Waals surface area contributed by atoms with Crippen LogP contribution < -0.4 is 20.1 Å². The minimum atomic E-state index is -0.306. The van der Waals surface area contributed by atoms with Gasteiger partial charge in [-0.3, -0.25) is 0 Å². The first-order chi connectivity index (χ1) is 10.6. The van der Waals surface area contributed by atoms with E-state index in [0.29, 0.717) is 24.7 Å². The smallest absolute Gasteiger partial charge is 0.317 e. The average Bonchev–Trinajstić information content (AvgIpc) is 2.53. The van der Waals surface area contributed by atoms with Gasteiger partial charge in [0.2, 0.25) is 0 Å². The van der Waals surface area contributed by atoms with E-state index in [1.165, 1.54) is 0 Å². The van der Waals surface area contributed by atoms with Gasteiger partial charge in [-0.05, 0) is 24.6 Å². The molecule has 0 spiro atoms. The molecule has 1 unspecified atom stereocenters. The predicted molar refractivity (Wildman–Crippen MR) is 82.3 cm³/mol. The second-order valence-electron chi connectivity index (χ2n) is 4.53. The molecule has 124 valence electrons. The Hall–Kier alpha value is -1.99. The molecule has 0 fully saturated rings. The maximum Gasteiger partial charge on any atom is 0.317 e. The lowest BCUT2D eigenvalue weighted by Crippen LogP contribution is -2.38. The Morgan fingerprint density at radius 2 is 1.86 bits per heavy atom. The summed E-state index contributed by atoms with van der Waals surface area (Å²) in [5.41, 5.74) is 0.910. The standard InChI is InChI=1S/C15H24N2O5/c1-11(17-15(18)16-10-22-8-7-19-2)12-5-6-13(20-3)14(9-12)21-4/h5-6,9,11H,7-8,10H2,1-4H3,(H2,16,17,18). The first-order valence-corrected chi connectivity index (χ1v) is 6.95. The van der Waals surface area contributed by atoms with E-state index in [4.69, 9.17) is 18.9 Å². The fraction of sp³-hybridized carbons (Fsp3) is 0.533. The summed E-state index contributed by atoms with van der Waals surface area (Å²) in [6.45, 7) is 2.94. The maximum atomic E-state index is 11.7. The van der Waals surface area contributed by atoms with E-state index in [1.54, 1.807) is 27.4 Å². The molecule has 0 saturated carbocycles. The fourth-order valence-electron chi connectivity index (χ4n) is 1.78. The van der Waals surface area contributed by atoms with Gasteiger partial charge in [0.15, 0.2) is 11.5 Å². The van der Waals surface area contributed by atoms with Gasteiger partial charge in [0.1, 0.15) is 6.73 Å². The van der Waals surface area contributed by atoms with Crippen molar-refractivity contribution < 1.29 is 23.7 Å². The molecule has 0 radical (unpaired) electrons. The Morgan fingerprint density at radius 3 is 2.50 bits per heavy atom. The molecular formula is C15H24N2O5. The average molecular weight is 312 g/mol. The first kappa shape index (κ1) is 18.1. The number of nitrogens with one attached hydrogen (secondary N) is 2. The summed E-state index contributed by atoms with van der Waals surface area (Å²) in [5.74, 6) is 1.27. The minimum absolute atomic E-state index is 0.133. The van der Waals surface area contributed by atoms with Crippen LogP contribution in [-0.4, -0.2) is 47.3 Å². The van der Waals surface area contributed by atoms with Crippen molar-refractivity contribution in [2.75, 3.05) is 41.3 Å². The van der Waals surface area contributed by atoms with Gasteiger partial charge in [-0.2, -0.15) is 0 Å². The highest BCUT2D eigenvalue weighted by Crippen LogP contribution is 2.29. The normalized spacial score (nSPS) is 11.6. The summed E-state index contributed by atoms with van der Waals surface area (Å²) in [7, 11) is 4.74. The summed E-state index contributed by atoms with van der Waals surface area (Å²) in [6, 6.07) is 5.02. The zero-order valence-corrected chi connectivity index (χ0v) is 13.5. The minimum Gasteiger partial charge on any atom is -0.493 e. The van der Waals surface area contributed by atoms with Crippen molar-refractivity contribution in [2.24, 2.45) is 0 Å². The van der Waals surface area contributed by atoms with E-state index >= 15 is 0 Å². The van der Waals surface area contributed by atoms with Crippen LogP contribution in [0.15, 0.2) is 18.2 Å². The number of carbonyl (C=O) groups excluding carboxylic acids is 1. The van der Waals surface area contributed by atoms with Gasteiger partial charge >= 0.3 is 6.03 Å². The Bertz CT molecular complexity index is 467. The van der Waals surface area contributed by atoms with Crippen molar-refractivity contribution >= 4 is 6.03 Å². The quantitative estimate of drug-likeness (QED) is 0.536. The Morgan fingerprint density at radius 1 is 1.14 bits per heavy atom. The second-order valence-corrected chi connectivity index (χ2v) is 4.53. The summed E-state index contributed by atoms with van der Waals surface area (Å²) in [5, 5.41) is 5.43. The topological polar surface area (TPSA) is 78.1 Å². The number of amides is 2. The molecule has 0 bridgehead atoms. The maximum absolute atomic E-state index is 11.7. The van der Waals surface area contributed by atoms with Crippen LogP contribution in [0, 0.1) is 0 Å². The molecule has 1 aromatic carbocycles. The van der Waals surface area contributed by atoms with E-state index in [1.807, 2.05) is 19.1 Å². The summed E-state index contributed by atoms with van der Waals surface area (Å²) in [6.07, 6.45) is 0. The van der Waals surface area contributed by atoms with E-state index in [0.717, 1.165) is 5.56 Å². The fourth-order valence-corrected chi connectivity index (χ4v) is 1.78. The van der Waals surface area contributed by atoms with Crippen LogP contribution in [0.4, 0.5) is 4.79 Å². The summed E-state index contributed by atoms with van der Waals surface area (Å²) >= 11 is 0. The summed E-state index contributed by atoms with van der Waals surface area (Å²) in [4.78, 5) is 11.7. The molecule has 7 heteroatoms. The molecule has 1 aromatic rings. The Balaban J connectivity index is 2.47. The highest BCUT2D eigenvalue weighted by Gasteiger charge is 2.12. The number of hydrogen-bond acceptors (Lipinski definition) is 5. The van der Waals surface area contributed by atoms with Gasteiger partial charge in [0.25, 0.3) is 0 Å². The lowest BCUT2D eigenvalue weighted by Gasteiger charge is -2.17. The van der Waals surface area contributed by atoms with Crippen LogP contribution in [0.2, 0.25) is 0 Å². The molecule has 0 heterocycles. The second kappa shape index (κ2) is 9.86. The van der Waals surface area contributed by atoms with Crippen molar-refractivity contribution in [3.8, 4) is 11.5 Å². The molecule has 0 aromatic heterocycles. The molecule has 1 atom stereocenters. The van der Waals surface area contributed by atoms with Gasteiger partial charge in [-0.15, -0.1) is 0 Å².